The van der Waals surface area contributed by atoms with Crippen molar-refractivity contribution in [3.63, 3.8) is 0 Å². The number of nitrogens with one attached hydrogen (secondary N) is 1. The number of ketones is 1. The van der Waals surface area contributed by atoms with E-state index in [-0.39, 0.29) is 17.2 Å². The normalized spacial score (nSPS) is 11.0. The number of aromatic amines is 1. The first kappa shape index (κ1) is 19.8. The number of fused-ring (bicyclic) bond motifs is 1. The fourth-order valence-electron chi connectivity index (χ4n) is 3.86. The van der Waals surface area contributed by atoms with Crippen molar-refractivity contribution in [3.8, 4) is 28.0 Å². The molecule has 2 heterocycles. The minimum absolute atomic E-state index is 0.0795. The molecule has 3 N–H and O–H groups in total. The number of rotatable bonds is 5. The molecule has 0 bridgehead atoms. The first-order valence-electron chi connectivity index (χ1n) is 9.89. The lowest BCUT2D eigenvalue weighted by Crippen LogP contribution is -2.00. The molecule has 156 valence electrons. The van der Waals surface area contributed by atoms with Gasteiger partial charge in [-0.25, -0.2) is 4.79 Å². The topological polar surface area (TPSA) is 90.4 Å². The van der Waals surface area contributed by atoms with Gasteiger partial charge in [-0.1, -0.05) is 54.6 Å². The molecule has 0 unspecified atom stereocenters. The number of benzene rings is 3. The van der Waals surface area contributed by atoms with Gasteiger partial charge in [-0.2, -0.15) is 0 Å². The van der Waals surface area contributed by atoms with E-state index in [1.807, 2.05) is 48.5 Å². The Bertz CT molecular complexity index is 1460. The Labute approximate surface area is 187 Å². The van der Waals surface area contributed by atoms with Crippen LogP contribution in [-0.2, 0) is 0 Å². The predicted molar refractivity (Wildman–Crippen MR) is 126 cm³/mol. The lowest BCUT2D eigenvalue weighted by atomic mass is 9.96. The summed E-state index contributed by atoms with van der Waals surface area (Å²) >= 11 is 1.35. The number of thiophene rings is 1. The Balaban J connectivity index is 1.65. The van der Waals surface area contributed by atoms with Gasteiger partial charge < -0.3 is 15.2 Å². The fraction of sp³-hybridized carbons (Fsp3) is 0. The second-order valence-electron chi connectivity index (χ2n) is 7.33. The molecule has 6 heteroatoms. The number of H-pyrrole nitrogens is 1. The number of carboxylic acid groups (broad SMARTS) is 1. The number of carbonyl (C=O) groups excluding carboxylic acids is 1. The third-order valence-corrected chi connectivity index (χ3v) is 6.51. The van der Waals surface area contributed by atoms with Crippen LogP contribution < -0.4 is 0 Å². The molecule has 0 fully saturated rings. The van der Waals surface area contributed by atoms with Crippen molar-refractivity contribution < 1.29 is 19.8 Å². The number of aromatic hydroxyl groups is 1. The van der Waals surface area contributed by atoms with Gasteiger partial charge in [0.25, 0.3) is 0 Å². The smallest absolute Gasteiger partial charge is 0.352 e. The highest BCUT2D eigenvalue weighted by atomic mass is 32.1. The summed E-state index contributed by atoms with van der Waals surface area (Å²) in [4.78, 5) is 28.1. The standard InChI is InChI=1S/C26H17NO4S/c28-18-10-11-20-21(14-18)32-25(24(29)17-4-2-1-3-5-17)22(20)16-8-6-15(7-9-16)19-12-13-27-23(19)26(30)31/h1-14,27-28H,(H,30,31). The Morgan fingerprint density at radius 3 is 2.28 bits per heavy atom. The van der Waals surface area contributed by atoms with E-state index in [2.05, 4.69) is 4.98 Å². The van der Waals surface area contributed by atoms with Gasteiger partial charge in [0, 0.05) is 33.0 Å². The van der Waals surface area contributed by atoms with Gasteiger partial charge in [0.1, 0.15) is 11.4 Å². The van der Waals surface area contributed by atoms with Crippen LogP contribution in [-0.4, -0.2) is 26.9 Å². The van der Waals surface area contributed by atoms with Crippen molar-refractivity contribution in [1.29, 1.82) is 0 Å². The van der Waals surface area contributed by atoms with Crippen molar-refractivity contribution >= 4 is 33.2 Å². The molecule has 32 heavy (non-hydrogen) atoms. The van der Waals surface area contributed by atoms with E-state index in [1.54, 1.807) is 36.5 Å². The summed E-state index contributed by atoms with van der Waals surface area (Å²) in [5.41, 5.74) is 3.74. The number of phenols is 1. The first-order chi connectivity index (χ1) is 15.5. The van der Waals surface area contributed by atoms with Crippen LogP contribution in [0.2, 0.25) is 0 Å². The molecule has 5 nitrogen and oxygen atoms in total. The van der Waals surface area contributed by atoms with E-state index in [0.717, 1.165) is 26.8 Å². The van der Waals surface area contributed by atoms with Crippen molar-refractivity contribution in [3.05, 3.63) is 101 Å². The van der Waals surface area contributed by atoms with Crippen LogP contribution in [0.15, 0.2) is 85.1 Å². The predicted octanol–water partition coefficient (Wildman–Crippen LogP) is 6.20. The Morgan fingerprint density at radius 1 is 0.844 bits per heavy atom. The quantitative estimate of drug-likeness (QED) is 0.285. The number of hydrogen-bond acceptors (Lipinski definition) is 4. The molecule has 0 aliphatic carbocycles. The second-order valence-corrected chi connectivity index (χ2v) is 8.38. The van der Waals surface area contributed by atoms with E-state index in [1.165, 1.54) is 11.3 Å². The Hall–Kier alpha value is -4.16. The molecule has 0 spiro atoms. The maximum absolute atomic E-state index is 13.3. The monoisotopic (exact) mass is 439 g/mol. The molecule has 2 aromatic heterocycles. The van der Waals surface area contributed by atoms with E-state index in [4.69, 9.17) is 0 Å². The number of aromatic nitrogens is 1. The van der Waals surface area contributed by atoms with E-state index >= 15 is 0 Å². The fourth-order valence-corrected chi connectivity index (χ4v) is 5.08. The van der Waals surface area contributed by atoms with Crippen LogP contribution in [0.25, 0.3) is 32.3 Å². The lowest BCUT2D eigenvalue weighted by molar-refractivity contribution is 0.0692. The van der Waals surface area contributed by atoms with Crippen molar-refractivity contribution in [1.82, 2.24) is 4.98 Å². The zero-order valence-electron chi connectivity index (χ0n) is 16.7. The number of phenolic OH excluding ortho intramolecular Hbond substituents is 1. The number of carboxylic acids is 1. The Morgan fingerprint density at radius 2 is 1.56 bits per heavy atom. The summed E-state index contributed by atoms with van der Waals surface area (Å²) in [6, 6.07) is 23.4. The zero-order valence-corrected chi connectivity index (χ0v) is 17.5. The number of hydrogen-bond donors (Lipinski definition) is 3. The van der Waals surface area contributed by atoms with Gasteiger partial charge in [-0.05, 0) is 35.4 Å². The van der Waals surface area contributed by atoms with Gasteiger partial charge in [0.15, 0.2) is 0 Å². The third-order valence-electron chi connectivity index (χ3n) is 5.36. The second kappa shape index (κ2) is 7.83. The summed E-state index contributed by atoms with van der Waals surface area (Å²) in [5.74, 6) is -0.953. The zero-order chi connectivity index (χ0) is 22.2. The van der Waals surface area contributed by atoms with Crippen molar-refractivity contribution in [2.24, 2.45) is 0 Å². The summed E-state index contributed by atoms with van der Waals surface area (Å²) in [5, 5.41) is 20.2. The molecule has 5 aromatic rings. The minimum atomic E-state index is -1.02. The number of carbonyl (C=O) groups is 2. The van der Waals surface area contributed by atoms with Crippen molar-refractivity contribution in [2.45, 2.75) is 0 Å². The SMILES string of the molecule is O=C(O)c1[nH]ccc1-c1ccc(-c2c(C(=O)c3ccccc3)sc3cc(O)ccc23)cc1. The van der Waals surface area contributed by atoms with Crippen LogP contribution in [0.1, 0.15) is 25.7 Å². The van der Waals surface area contributed by atoms with Crippen LogP contribution in [0.4, 0.5) is 0 Å². The average Bonchev–Trinajstić information content (AvgIpc) is 3.44. The molecule has 0 amide bonds. The van der Waals surface area contributed by atoms with Crippen LogP contribution in [0, 0.1) is 0 Å². The van der Waals surface area contributed by atoms with E-state index in [9.17, 15) is 19.8 Å². The molecule has 0 atom stereocenters. The van der Waals surface area contributed by atoms with Gasteiger partial charge in [-0.15, -0.1) is 11.3 Å². The molecule has 0 aliphatic heterocycles. The highest BCUT2D eigenvalue weighted by Gasteiger charge is 2.21. The Kier molecular flexibility index (Phi) is 4.84. The van der Waals surface area contributed by atoms with E-state index < -0.39 is 5.97 Å². The summed E-state index contributed by atoms with van der Waals surface area (Å²) in [7, 11) is 0. The molecular weight excluding hydrogens is 422 g/mol. The highest BCUT2D eigenvalue weighted by Crippen LogP contribution is 2.41. The molecule has 3 aromatic carbocycles. The van der Waals surface area contributed by atoms with Gasteiger partial charge in [0.05, 0.1) is 4.88 Å². The third kappa shape index (κ3) is 3.36. The minimum Gasteiger partial charge on any atom is -0.508 e. The highest BCUT2D eigenvalue weighted by molar-refractivity contribution is 7.21. The van der Waals surface area contributed by atoms with Crippen LogP contribution in [0.3, 0.4) is 0 Å². The average molecular weight is 439 g/mol. The molecule has 0 radical (unpaired) electrons. The molecule has 0 aliphatic rings. The largest absolute Gasteiger partial charge is 0.508 e. The van der Waals surface area contributed by atoms with Gasteiger partial charge >= 0.3 is 5.97 Å². The van der Waals surface area contributed by atoms with E-state index in [0.29, 0.717) is 16.0 Å². The summed E-state index contributed by atoms with van der Waals surface area (Å²) in [6.07, 6.45) is 1.60. The molecule has 5 rings (SSSR count). The molecular formula is C26H17NO4S. The maximum Gasteiger partial charge on any atom is 0.352 e. The maximum atomic E-state index is 13.3. The lowest BCUT2D eigenvalue weighted by Gasteiger charge is -2.07. The molecule has 0 saturated heterocycles. The van der Waals surface area contributed by atoms with Gasteiger partial charge in [-0.3, -0.25) is 4.79 Å². The van der Waals surface area contributed by atoms with Crippen LogP contribution in [0.5, 0.6) is 5.75 Å². The van der Waals surface area contributed by atoms with Gasteiger partial charge in [0.2, 0.25) is 5.78 Å². The van der Waals surface area contributed by atoms with Crippen molar-refractivity contribution in [2.75, 3.05) is 0 Å². The first-order valence-corrected chi connectivity index (χ1v) is 10.7. The summed E-state index contributed by atoms with van der Waals surface area (Å²) < 4.78 is 0.821. The van der Waals surface area contributed by atoms with Crippen LogP contribution >= 0.6 is 11.3 Å². The molecule has 0 saturated carbocycles. The number of aromatic carboxylic acids is 1. The summed E-state index contributed by atoms with van der Waals surface area (Å²) in [6.45, 7) is 0.